The topological polar surface area (TPSA) is 73.0 Å². The van der Waals surface area contributed by atoms with E-state index >= 15 is 0 Å². The zero-order chi connectivity index (χ0) is 21.8. The molecule has 0 unspecified atom stereocenters. The third-order valence-electron chi connectivity index (χ3n) is 4.25. The minimum atomic E-state index is 0. The first-order chi connectivity index (χ1) is 13.9. The number of amidine groups is 2. The van der Waals surface area contributed by atoms with Gasteiger partial charge in [0.2, 0.25) is 0 Å². The van der Waals surface area contributed by atoms with Gasteiger partial charge in [0.05, 0.1) is 5.71 Å². The Morgan fingerprint density at radius 3 is 1.67 bits per heavy atom. The molecule has 0 fully saturated rings. The summed E-state index contributed by atoms with van der Waals surface area (Å²) in [7, 11) is 0. The van der Waals surface area contributed by atoms with E-state index in [0.29, 0.717) is 27.3 Å². The molecule has 1 aromatic rings. The number of carbonyl (C=O) groups is 1. The summed E-state index contributed by atoms with van der Waals surface area (Å²) < 4.78 is 0. The van der Waals surface area contributed by atoms with Crippen LogP contribution in [0.1, 0.15) is 50.5 Å². The Kier molecular flexibility index (Phi) is 14.1. The normalized spacial score (nSPS) is 13.0. The zero-order valence-corrected chi connectivity index (χ0v) is 20.5. The summed E-state index contributed by atoms with van der Waals surface area (Å²) in [4.78, 5) is 14.8. The first-order valence-corrected chi connectivity index (χ1v) is 10.4. The number of aldehydes is 1. The van der Waals surface area contributed by atoms with Gasteiger partial charge in [-0.3, -0.25) is 4.79 Å². The Morgan fingerprint density at radius 2 is 1.27 bits per heavy atom. The van der Waals surface area contributed by atoms with Crippen molar-refractivity contribution in [1.29, 1.82) is 0 Å². The number of nitrogens with zero attached hydrogens (tertiary/aromatic N) is 6. The molecule has 1 rings (SSSR count). The molecule has 0 saturated heterocycles. The van der Waals surface area contributed by atoms with Gasteiger partial charge in [-0.05, 0) is 34.6 Å². The Balaban J connectivity index is 0.00000841. The molecule has 0 N–H and O–H groups in total. The van der Waals surface area contributed by atoms with Gasteiger partial charge in [-0.25, -0.2) is 0 Å². The molecule has 1 aromatic carbocycles. The number of hydrogen-bond acceptors (Lipinski definition) is 7. The van der Waals surface area contributed by atoms with Gasteiger partial charge in [0.1, 0.15) is 12.0 Å². The molecule has 0 aliphatic carbocycles. The molecule has 167 valence electrons. The predicted molar refractivity (Wildman–Crippen MR) is 127 cm³/mol. The molecule has 0 aromatic heterocycles. The van der Waals surface area contributed by atoms with Crippen molar-refractivity contribution < 1.29 is 21.9 Å². The summed E-state index contributed by atoms with van der Waals surface area (Å²) in [6.07, 6.45) is 0.791. The van der Waals surface area contributed by atoms with Gasteiger partial charge in [0.15, 0.2) is 0 Å². The third kappa shape index (κ3) is 8.47. The molecular weight excluding hydrogens is 468 g/mol. The SMILES string of the molecule is CCN(CC)C([S-])=NN=C(C)C(=NN=C([S-])N(CC)CC)c1ccc(C=O)cc1.[Cu+2]. The summed E-state index contributed by atoms with van der Waals surface area (Å²) in [6.45, 7) is 12.8. The number of rotatable bonds is 9. The molecule has 1 radical (unpaired) electrons. The third-order valence-corrected chi connectivity index (χ3v) is 4.93. The first-order valence-electron chi connectivity index (χ1n) is 9.59. The van der Waals surface area contributed by atoms with Crippen molar-refractivity contribution in [1.82, 2.24) is 9.80 Å². The molecule has 0 aliphatic heterocycles. The van der Waals surface area contributed by atoms with Crippen molar-refractivity contribution in [3.63, 3.8) is 0 Å². The summed E-state index contributed by atoms with van der Waals surface area (Å²) in [5.41, 5.74) is 2.39. The Hall–Kier alpha value is -1.87. The second-order valence-corrected chi connectivity index (χ2v) is 6.71. The van der Waals surface area contributed by atoms with Crippen LogP contribution in [-0.4, -0.2) is 64.0 Å². The van der Waals surface area contributed by atoms with E-state index in [9.17, 15) is 4.79 Å². The molecule has 7 nitrogen and oxygen atoms in total. The fraction of sp³-hybridized carbons (Fsp3) is 0.450. The predicted octanol–water partition coefficient (Wildman–Crippen LogP) is 3.07. The maximum absolute atomic E-state index is 10.9. The van der Waals surface area contributed by atoms with Gasteiger partial charge in [-0.2, -0.15) is 15.3 Å². The van der Waals surface area contributed by atoms with Crippen molar-refractivity contribution in [3.8, 4) is 0 Å². The number of hydrogen-bond donors (Lipinski definition) is 0. The number of carbonyl (C=O) groups excluding carboxylic acids is 1. The largest absolute Gasteiger partial charge is 2.00 e. The van der Waals surface area contributed by atoms with Crippen LogP contribution in [0.15, 0.2) is 44.7 Å². The molecule has 0 heterocycles. The molecule has 0 atom stereocenters. The van der Waals surface area contributed by atoms with Crippen LogP contribution in [0.2, 0.25) is 0 Å². The summed E-state index contributed by atoms with van der Waals surface area (Å²) in [5, 5.41) is 17.8. The summed E-state index contributed by atoms with van der Waals surface area (Å²) in [5.74, 6) is 0. The van der Waals surface area contributed by atoms with E-state index < -0.39 is 0 Å². The average molecular weight is 496 g/mol. The van der Waals surface area contributed by atoms with Crippen LogP contribution in [0, 0.1) is 0 Å². The second kappa shape index (κ2) is 15.0. The van der Waals surface area contributed by atoms with Crippen molar-refractivity contribution in [3.05, 3.63) is 35.4 Å². The number of benzene rings is 1. The smallest absolute Gasteiger partial charge is 0.741 e. The quantitative estimate of drug-likeness (QED) is 0.131. The monoisotopic (exact) mass is 495 g/mol. The Bertz CT molecular complexity index is 785. The minimum Gasteiger partial charge on any atom is -0.741 e. The van der Waals surface area contributed by atoms with Crippen molar-refractivity contribution in [2.75, 3.05) is 26.2 Å². The molecule has 0 aliphatic rings. The van der Waals surface area contributed by atoms with Crippen LogP contribution >= 0.6 is 0 Å². The van der Waals surface area contributed by atoms with Crippen LogP contribution in [-0.2, 0) is 42.3 Å². The van der Waals surface area contributed by atoms with Crippen molar-refractivity contribution in [2.45, 2.75) is 34.6 Å². The average Bonchev–Trinajstić information content (AvgIpc) is 2.74. The van der Waals surface area contributed by atoms with Crippen LogP contribution < -0.4 is 0 Å². The Labute approximate surface area is 201 Å². The van der Waals surface area contributed by atoms with E-state index in [1.165, 1.54) is 0 Å². The van der Waals surface area contributed by atoms with E-state index in [1.807, 2.05) is 37.5 Å². The molecule has 30 heavy (non-hydrogen) atoms. The van der Waals surface area contributed by atoms with Crippen LogP contribution in [0.4, 0.5) is 0 Å². The summed E-state index contributed by atoms with van der Waals surface area (Å²) >= 11 is 10.7. The van der Waals surface area contributed by atoms with E-state index in [2.05, 4.69) is 20.4 Å². The fourth-order valence-electron chi connectivity index (χ4n) is 2.43. The van der Waals surface area contributed by atoms with Crippen molar-refractivity contribution >= 4 is 53.3 Å². The maximum atomic E-state index is 10.9. The molecular formula is C20H28CuN6OS2. The first kappa shape index (κ1) is 28.1. The van der Waals surface area contributed by atoms with E-state index in [4.69, 9.17) is 25.3 Å². The van der Waals surface area contributed by atoms with Crippen LogP contribution in [0.3, 0.4) is 0 Å². The molecule has 0 saturated carbocycles. The van der Waals surface area contributed by atoms with Gasteiger partial charge < -0.3 is 35.1 Å². The second-order valence-electron chi connectivity index (χ2n) is 5.98. The van der Waals surface area contributed by atoms with Crippen molar-refractivity contribution in [2.24, 2.45) is 20.4 Å². The van der Waals surface area contributed by atoms with E-state index in [-0.39, 0.29) is 17.1 Å². The molecule has 10 heteroatoms. The fourth-order valence-corrected chi connectivity index (χ4v) is 3.03. The van der Waals surface area contributed by atoms with Crippen LogP contribution in [0.25, 0.3) is 0 Å². The zero-order valence-electron chi connectivity index (χ0n) is 17.9. The van der Waals surface area contributed by atoms with Gasteiger partial charge in [-0.15, -0.1) is 5.10 Å². The molecule has 0 spiro atoms. The summed E-state index contributed by atoms with van der Waals surface area (Å²) in [6, 6.07) is 7.01. The Morgan fingerprint density at radius 1 is 0.833 bits per heavy atom. The molecule has 0 amide bonds. The van der Waals surface area contributed by atoms with Gasteiger partial charge in [0, 0.05) is 47.6 Å². The van der Waals surface area contributed by atoms with E-state index in [1.54, 1.807) is 31.2 Å². The minimum absolute atomic E-state index is 0. The standard InChI is InChI=1S/C20H30N6OS2.Cu/c1-6-25(7-2)19(28)23-21-15(5)18(17-12-10-16(14-27)11-13-17)22-24-20(29)26(8-3)9-4;/h10-14H,6-9H2,1-5H3,(H,23,28)(H,24,29);/q;+2/p-2. The van der Waals surface area contributed by atoms with Gasteiger partial charge in [-0.1, -0.05) is 24.3 Å². The van der Waals surface area contributed by atoms with Crippen LogP contribution in [0.5, 0.6) is 0 Å². The maximum Gasteiger partial charge on any atom is 2.00 e. The molecule has 0 bridgehead atoms. The van der Waals surface area contributed by atoms with E-state index in [0.717, 1.165) is 38.0 Å². The van der Waals surface area contributed by atoms with Gasteiger partial charge in [0.25, 0.3) is 0 Å². The van der Waals surface area contributed by atoms with Gasteiger partial charge >= 0.3 is 17.1 Å².